The van der Waals surface area contributed by atoms with Gasteiger partial charge >= 0.3 is 0 Å². The molecular weight excluding hydrogens is 785 g/mol. The molecule has 2 aromatic heterocycles. The molecule has 0 N–H and O–H groups in total. The minimum atomic E-state index is -0.674. The van der Waals surface area contributed by atoms with Crippen molar-refractivity contribution in [3.63, 3.8) is 0 Å². The summed E-state index contributed by atoms with van der Waals surface area (Å²) in [7, 11) is 0. The molecule has 4 aliphatic carbocycles. The van der Waals surface area contributed by atoms with Gasteiger partial charge in [-0.3, -0.25) is 9.59 Å². The molecule has 2 aromatic carbocycles. The van der Waals surface area contributed by atoms with Gasteiger partial charge < -0.3 is 9.47 Å². The van der Waals surface area contributed by atoms with E-state index in [-0.39, 0.29) is 34.8 Å². The van der Waals surface area contributed by atoms with Crippen LogP contribution in [0.4, 0.5) is 0 Å². The predicted molar refractivity (Wildman–Crippen MR) is 233 cm³/mol. The summed E-state index contributed by atoms with van der Waals surface area (Å²) < 4.78 is 13.4. The highest BCUT2D eigenvalue weighted by molar-refractivity contribution is 7.15. The number of ketones is 2. The molecule has 6 aliphatic rings. The Balaban J connectivity index is 1.03. The predicted octanol–water partition coefficient (Wildman–Crippen LogP) is 11.6. The maximum absolute atomic E-state index is 13.7. The SMILES string of the molecule is [C-]#[N+]C(C#N)=C1/C(=C/c2cc3c(s2)C2=CC4C=C5C(=CC4C=C2C(C)(C)O3)c2sc(/C=C3\C(=O)c4ccccc4\C3=C(\C#N)[N+]#[C-])cc2OC5(C)C)C(=O)c2ccccc21. The number of allylic oxidation sites excluding steroid dienone is 10. The van der Waals surface area contributed by atoms with E-state index in [0.29, 0.717) is 56.0 Å². The average molecular weight is 815 g/mol. The normalized spacial score (nSPS) is 23.7. The van der Waals surface area contributed by atoms with Crippen LogP contribution in [0.1, 0.15) is 79.0 Å². The van der Waals surface area contributed by atoms with Crippen LogP contribution in [-0.2, 0) is 0 Å². The van der Waals surface area contributed by atoms with E-state index in [4.69, 9.17) is 22.6 Å². The van der Waals surface area contributed by atoms with Crippen LogP contribution >= 0.6 is 22.7 Å². The second-order valence-corrected chi connectivity index (χ2v) is 18.3. The number of ether oxygens (including phenoxy) is 2. The second-order valence-electron chi connectivity index (χ2n) is 16.1. The highest BCUT2D eigenvalue weighted by Crippen LogP contribution is 2.57. The molecule has 10 heteroatoms. The molecule has 0 spiro atoms. The van der Waals surface area contributed by atoms with Crippen LogP contribution in [-0.4, -0.2) is 22.8 Å². The monoisotopic (exact) mass is 814 g/mol. The van der Waals surface area contributed by atoms with E-state index in [0.717, 1.165) is 41.8 Å². The maximum atomic E-state index is 13.7. The number of benzene rings is 2. The van der Waals surface area contributed by atoms with E-state index in [1.807, 2.05) is 24.3 Å². The van der Waals surface area contributed by atoms with Crippen molar-refractivity contribution in [2.45, 2.75) is 38.9 Å². The Morgan fingerprint density at radius 2 is 1.03 bits per heavy atom. The van der Waals surface area contributed by atoms with Crippen molar-refractivity contribution in [2.75, 3.05) is 0 Å². The topological polar surface area (TPSA) is 109 Å². The summed E-state index contributed by atoms with van der Waals surface area (Å²) in [4.78, 5) is 37.8. The lowest BCUT2D eigenvalue weighted by Crippen LogP contribution is -2.39. The third kappa shape index (κ3) is 5.36. The number of carbonyl (C=O) groups is 2. The van der Waals surface area contributed by atoms with Gasteiger partial charge in [0.05, 0.1) is 35.0 Å². The molecule has 0 amide bonds. The fraction of sp³-hybridized carbons (Fsp3) is 0.160. The lowest BCUT2D eigenvalue weighted by atomic mass is 9.70. The number of carbonyl (C=O) groups excluding carboxylic acids is 2. The van der Waals surface area contributed by atoms with Crippen LogP contribution in [0.5, 0.6) is 11.5 Å². The van der Waals surface area contributed by atoms with Gasteiger partial charge in [-0.2, -0.15) is 0 Å². The van der Waals surface area contributed by atoms with Crippen molar-refractivity contribution in [3.05, 3.63) is 183 Å². The summed E-state index contributed by atoms with van der Waals surface area (Å²) in [5, 5.41) is 19.7. The van der Waals surface area contributed by atoms with Gasteiger partial charge in [0, 0.05) is 55.0 Å². The smallest absolute Gasteiger partial charge is 0.270 e. The molecular formula is C50H30N4O4S2. The Hall–Kier alpha value is -7.34. The standard InChI is InChI=1S/C50H30N4O4S2/c1-49(2)37-17-25-16-34-38(50(3,4)58-42-22-28(60-48(34)42)20-36-44(40(24-52)54-6)30-12-8-10-14-32(30)46(36)56)18-26(25)15-33(37)47-41(57-49)21-27(59-47)19-35-43(39(23-51)53-5)29-11-7-9-13-31(29)45(35)55/h7-22,25-26H,1-4H3/b35-19-,36-20-,43-39+,44-40?. The number of nitriles is 2. The lowest BCUT2D eigenvalue weighted by Gasteiger charge is -2.42. The zero-order valence-corrected chi connectivity index (χ0v) is 34.3. The van der Waals surface area contributed by atoms with E-state index in [9.17, 15) is 20.1 Å². The summed E-state index contributed by atoms with van der Waals surface area (Å²) in [5.74, 6) is 1.01. The zero-order valence-electron chi connectivity index (χ0n) is 32.6. The number of thiophene rings is 2. The van der Waals surface area contributed by atoms with Gasteiger partial charge in [0.1, 0.15) is 22.7 Å². The third-order valence-electron chi connectivity index (χ3n) is 11.8. The van der Waals surface area contributed by atoms with Gasteiger partial charge in [0.15, 0.2) is 11.6 Å². The first-order chi connectivity index (χ1) is 28.8. The molecule has 8 nitrogen and oxygen atoms in total. The molecule has 0 fully saturated rings. The van der Waals surface area contributed by atoms with Crippen molar-refractivity contribution in [1.82, 2.24) is 0 Å². The van der Waals surface area contributed by atoms with Crippen molar-refractivity contribution in [1.29, 1.82) is 10.5 Å². The van der Waals surface area contributed by atoms with Crippen molar-refractivity contribution >= 4 is 68.7 Å². The van der Waals surface area contributed by atoms with E-state index >= 15 is 0 Å². The van der Waals surface area contributed by atoms with Crippen molar-refractivity contribution in [2.24, 2.45) is 11.8 Å². The van der Waals surface area contributed by atoms with Crippen LogP contribution in [0.3, 0.4) is 0 Å². The summed E-state index contributed by atoms with van der Waals surface area (Å²) in [6.45, 7) is 23.6. The fourth-order valence-corrected chi connectivity index (χ4v) is 11.3. The molecule has 4 aromatic rings. The van der Waals surface area contributed by atoms with E-state index < -0.39 is 11.2 Å². The number of rotatable bonds is 2. The van der Waals surface area contributed by atoms with Crippen LogP contribution < -0.4 is 9.47 Å². The van der Waals surface area contributed by atoms with Crippen LogP contribution in [0.25, 0.3) is 44.1 Å². The highest BCUT2D eigenvalue weighted by Gasteiger charge is 2.45. The average Bonchev–Trinajstić information content (AvgIpc) is 3.97. The fourth-order valence-electron chi connectivity index (χ4n) is 9.18. The van der Waals surface area contributed by atoms with Crippen LogP contribution in [0.2, 0.25) is 0 Å². The molecule has 0 bridgehead atoms. The summed E-state index contributed by atoms with van der Waals surface area (Å²) in [5.41, 5.74) is 6.18. The Kier molecular flexibility index (Phi) is 8.06. The first kappa shape index (κ1) is 37.0. The van der Waals surface area contributed by atoms with E-state index in [1.54, 1.807) is 60.7 Å². The number of Topliss-reactive ketones (excluding diaryl/α,β-unsaturated/α-hetero) is 2. The Labute approximate surface area is 354 Å². The Morgan fingerprint density at radius 1 is 0.650 bits per heavy atom. The first-order valence-corrected chi connectivity index (χ1v) is 20.8. The molecule has 2 aliphatic heterocycles. The number of hydrogen-bond acceptors (Lipinski definition) is 8. The third-order valence-corrected chi connectivity index (χ3v) is 14.0. The molecule has 0 saturated heterocycles. The van der Waals surface area contributed by atoms with Crippen LogP contribution in [0, 0.1) is 47.6 Å². The molecule has 0 radical (unpaired) electrons. The molecule has 4 heterocycles. The van der Waals surface area contributed by atoms with Gasteiger partial charge in [-0.15, -0.1) is 22.7 Å². The number of nitrogens with zero attached hydrogens (tertiary/aromatic N) is 4. The summed E-state index contributed by atoms with van der Waals surface area (Å²) in [6.07, 6.45) is 12.8. The van der Waals surface area contributed by atoms with Gasteiger partial charge in [-0.05, 0) is 85.4 Å². The zero-order chi connectivity index (χ0) is 41.8. The van der Waals surface area contributed by atoms with Crippen molar-refractivity contribution < 1.29 is 19.1 Å². The van der Waals surface area contributed by atoms with Crippen molar-refractivity contribution in [3.8, 4) is 23.6 Å². The number of fused-ring (bicyclic) bond motifs is 9. The lowest BCUT2D eigenvalue weighted by molar-refractivity contribution is 0.103. The Bertz CT molecular complexity index is 2950. The van der Waals surface area contributed by atoms with E-state index in [1.165, 1.54) is 22.7 Å². The molecule has 10 rings (SSSR count). The molecule has 2 atom stereocenters. The molecule has 286 valence electrons. The minimum Gasteiger partial charge on any atom is -0.482 e. The quantitative estimate of drug-likeness (QED) is 0.113. The molecule has 0 saturated carbocycles. The van der Waals surface area contributed by atoms with Crippen LogP contribution in [0.15, 0.2) is 119 Å². The minimum absolute atomic E-state index is 0.0109. The summed E-state index contributed by atoms with van der Waals surface area (Å²) >= 11 is 3.03. The van der Waals surface area contributed by atoms with E-state index in [2.05, 4.69) is 61.7 Å². The Morgan fingerprint density at radius 3 is 1.40 bits per heavy atom. The highest BCUT2D eigenvalue weighted by atomic mass is 32.1. The van der Waals surface area contributed by atoms with Gasteiger partial charge in [-0.25, -0.2) is 20.2 Å². The largest absolute Gasteiger partial charge is 0.482 e. The summed E-state index contributed by atoms with van der Waals surface area (Å²) in [6, 6.07) is 22.1. The molecule has 2 unspecified atom stereocenters. The van der Waals surface area contributed by atoms with Gasteiger partial charge in [0.25, 0.3) is 11.4 Å². The van der Waals surface area contributed by atoms with Gasteiger partial charge in [-0.1, -0.05) is 72.8 Å². The van der Waals surface area contributed by atoms with Gasteiger partial charge in [0.2, 0.25) is 0 Å². The molecule has 60 heavy (non-hydrogen) atoms. The second kappa shape index (κ2) is 13.1. The number of hydrogen-bond donors (Lipinski definition) is 0. The maximum Gasteiger partial charge on any atom is 0.270 e. The first-order valence-electron chi connectivity index (χ1n) is 19.2.